The van der Waals surface area contributed by atoms with Crippen molar-refractivity contribution in [2.75, 3.05) is 18.4 Å². The Morgan fingerprint density at radius 1 is 1.17 bits per heavy atom. The molecule has 0 spiro atoms. The van der Waals surface area contributed by atoms with Crippen LogP contribution >= 0.6 is 0 Å². The number of carbonyl (C=O) groups is 2. The van der Waals surface area contributed by atoms with Gasteiger partial charge < -0.3 is 10.6 Å². The summed E-state index contributed by atoms with van der Waals surface area (Å²) in [4.78, 5) is 22.6. The molecule has 2 aromatic rings. The molecular formula is C16H21N5O2. The lowest BCUT2D eigenvalue weighted by molar-refractivity contribution is -0.118. The van der Waals surface area contributed by atoms with Crippen LogP contribution in [-0.4, -0.2) is 34.8 Å². The third kappa shape index (κ3) is 5.46. The van der Waals surface area contributed by atoms with Gasteiger partial charge in [-0.3, -0.25) is 10.1 Å². The molecule has 2 rings (SSSR count). The Kier molecular flexibility index (Phi) is 5.74. The zero-order chi connectivity index (χ0) is 16.7. The zero-order valence-corrected chi connectivity index (χ0v) is 13.3. The minimum atomic E-state index is -0.332. The summed E-state index contributed by atoms with van der Waals surface area (Å²) in [5, 5.41) is 12.3. The Hall–Kier alpha value is -2.83. The van der Waals surface area contributed by atoms with E-state index >= 15 is 0 Å². The monoisotopic (exact) mass is 315 g/mol. The fourth-order valence-electron chi connectivity index (χ4n) is 2.12. The number of benzene rings is 1. The molecule has 122 valence electrons. The van der Waals surface area contributed by atoms with E-state index in [9.17, 15) is 9.59 Å². The first-order valence-corrected chi connectivity index (χ1v) is 7.41. The lowest BCUT2D eigenvalue weighted by atomic mass is 10.1. The number of hydrogen-bond donors (Lipinski definition) is 3. The molecule has 0 atom stereocenters. The van der Waals surface area contributed by atoms with E-state index in [2.05, 4.69) is 27.1 Å². The van der Waals surface area contributed by atoms with Gasteiger partial charge in [0.2, 0.25) is 5.91 Å². The minimum Gasteiger partial charge on any atom is -0.355 e. The van der Waals surface area contributed by atoms with Crippen LogP contribution in [0.2, 0.25) is 0 Å². The molecule has 23 heavy (non-hydrogen) atoms. The third-order valence-electron chi connectivity index (χ3n) is 3.16. The lowest BCUT2D eigenvalue weighted by Crippen LogP contribution is -2.36. The average Bonchev–Trinajstić information content (AvgIpc) is 2.90. The van der Waals surface area contributed by atoms with Crippen molar-refractivity contribution in [1.82, 2.24) is 20.4 Å². The molecule has 0 fully saturated rings. The van der Waals surface area contributed by atoms with E-state index in [0.29, 0.717) is 25.5 Å². The van der Waals surface area contributed by atoms with Crippen molar-refractivity contribution in [3.8, 4) is 0 Å². The fourth-order valence-corrected chi connectivity index (χ4v) is 2.12. The van der Waals surface area contributed by atoms with Crippen molar-refractivity contribution in [2.24, 2.45) is 0 Å². The molecule has 1 aromatic carbocycles. The van der Waals surface area contributed by atoms with Gasteiger partial charge >= 0.3 is 6.03 Å². The Morgan fingerprint density at radius 3 is 2.70 bits per heavy atom. The number of nitrogens with one attached hydrogen (secondary N) is 3. The van der Waals surface area contributed by atoms with Gasteiger partial charge in [0, 0.05) is 26.1 Å². The molecule has 0 unspecified atom stereocenters. The molecule has 3 N–H and O–H groups in total. The van der Waals surface area contributed by atoms with Gasteiger partial charge in [-0.15, -0.1) is 0 Å². The minimum absolute atomic E-state index is 0.122. The van der Waals surface area contributed by atoms with Crippen LogP contribution in [0, 0.1) is 6.92 Å². The average molecular weight is 315 g/mol. The van der Waals surface area contributed by atoms with E-state index in [1.54, 1.807) is 16.9 Å². The summed E-state index contributed by atoms with van der Waals surface area (Å²) < 4.78 is 1.72. The van der Waals surface area contributed by atoms with E-state index < -0.39 is 0 Å². The largest absolute Gasteiger partial charge is 0.355 e. The summed E-state index contributed by atoms with van der Waals surface area (Å²) in [6.07, 6.45) is 1.64. The van der Waals surface area contributed by atoms with Crippen LogP contribution in [0.4, 0.5) is 10.6 Å². The number of aryl methyl sites for hydroxylation is 1. The van der Waals surface area contributed by atoms with Crippen LogP contribution in [0.25, 0.3) is 0 Å². The van der Waals surface area contributed by atoms with Crippen molar-refractivity contribution in [2.45, 2.75) is 20.4 Å². The van der Waals surface area contributed by atoms with E-state index in [1.807, 2.05) is 25.1 Å². The number of nitrogens with zero attached hydrogens (tertiary/aromatic N) is 2. The Balaban J connectivity index is 1.88. The molecular weight excluding hydrogens is 294 g/mol. The summed E-state index contributed by atoms with van der Waals surface area (Å²) in [6, 6.07) is 9.54. The molecule has 0 bridgehead atoms. The van der Waals surface area contributed by atoms with Crippen LogP contribution in [0.5, 0.6) is 0 Å². The van der Waals surface area contributed by atoms with Gasteiger partial charge in [0.15, 0.2) is 0 Å². The van der Waals surface area contributed by atoms with Crippen molar-refractivity contribution in [3.63, 3.8) is 0 Å². The van der Waals surface area contributed by atoms with Crippen molar-refractivity contribution in [3.05, 3.63) is 47.7 Å². The number of anilines is 1. The molecule has 1 heterocycles. The highest BCUT2D eigenvalue weighted by Gasteiger charge is 2.07. The molecule has 7 heteroatoms. The smallest absolute Gasteiger partial charge is 0.320 e. The second-order valence-electron chi connectivity index (χ2n) is 5.23. The van der Waals surface area contributed by atoms with Gasteiger partial charge in [-0.25, -0.2) is 9.48 Å². The first-order valence-electron chi connectivity index (χ1n) is 7.41. The van der Waals surface area contributed by atoms with E-state index in [4.69, 9.17) is 0 Å². The molecule has 1 aromatic heterocycles. The van der Waals surface area contributed by atoms with Gasteiger partial charge in [-0.05, 0) is 12.5 Å². The maximum Gasteiger partial charge on any atom is 0.320 e. The predicted octanol–water partition coefficient (Wildman–Crippen LogP) is 1.50. The maximum atomic E-state index is 11.8. The first kappa shape index (κ1) is 16.5. The zero-order valence-electron chi connectivity index (χ0n) is 13.3. The summed E-state index contributed by atoms with van der Waals surface area (Å²) in [7, 11) is 0. The number of carbonyl (C=O) groups excluding carboxylic acids is 2. The molecule has 0 aliphatic rings. The molecule has 0 aliphatic heterocycles. The normalized spacial score (nSPS) is 10.2. The number of urea groups is 1. The standard InChI is InChI=1S/C16H21N5O2/c1-12-4-3-5-14(10-12)11-21-15(6-7-19-21)20-16(23)18-9-8-17-13(2)22/h3-7,10H,8-9,11H2,1-2H3,(H,17,22)(H2,18,20,23). The number of hydrogen-bond acceptors (Lipinski definition) is 3. The Labute approximate surface area is 135 Å². The third-order valence-corrected chi connectivity index (χ3v) is 3.16. The second-order valence-corrected chi connectivity index (χ2v) is 5.23. The lowest BCUT2D eigenvalue weighted by Gasteiger charge is -2.10. The van der Waals surface area contributed by atoms with E-state index in [-0.39, 0.29) is 11.9 Å². The van der Waals surface area contributed by atoms with Gasteiger partial charge in [0.05, 0.1) is 12.7 Å². The topological polar surface area (TPSA) is 88.1 Å². The fraction of sp³-hybridized carbons (Fsp3) is 0.312. The van der Waals surface area contributed by atoms with Gasteiger partial charge in [0.1, 0.15) is 5.82 Å². The summed E-state index contributed by atoms with van der Waals surface area (Å²) >= 11 is 0. The van der Waals surface area contributed by atoms with Crippen LogP contribution in [0.15, 0.2) is 36.5 Å². The number of aromatic nitrogens is 2. The van der Waals surface area contributed by atoms with E-state index in [1.165, 1.54) is 12.5 Å². The SMILES string of the molecule is CC(=O)NCCNC(=O)Nc1ccnn1Cc1cccc(C)c1. The summed E-state index contributed by atoms with van der Waals surface area (Å²) in [5.74, 6) is 0.493. The molecule has 3 amide bonds. The first-order chi connectivity index (χ1) is 11.0. The van der Waals surface area contributed by atoms with E-state index in [0.717, 1.165) is 5.56 Å². The highest BCUT2D eigenvalue weighted by atomic mass is 16.2. The van der Waals surface area contributed by atoms with Gasteiger partial charge in [0.25, 0.3) is 0 Å². The van der Waals surface area contributed by atoms with Crippen molar-refractivity contribution < 1.29 is 9.59 Å². The van der Waals surface area contributed by atoms with Crippen LogP contribution in [0.1, 0.15) is 18.1 Å². The highest BCUT2D eigenvalue weighted by Crippen LogP contribution is 2.11. The number of rotatable bonds is 6. The molecule has 7 nitrogen and oxygen atoms in total. The highest BCUT2D eigenvalue weighted by molar-refractivity contribution is 5.88. The maximum absolute atomic E-state index is 11.8. The summed E-state index contributed by atoms with van der Waals surface area (Å²) in [5.41, 5.74) is 2.29. The molecule has 0 saturated heterocycles. The van der Waals surface area contributed by atoms with Gasteiger partial charge in [-0.1, -0.05) is 29.8 Å². The molecule has 0 saturated carbocycles. The quantitative estimate of drug-likeness (QED) is 0.706. The molecule has 0 radical (unpaired) electrons. The second kappa shape index (κ2) is 7.98. The Bertz CT molecular complexity index is 681. The molecule has 0 aliphatic carbocycles. The van der Waals surface area contributed by atoms with Crippen molar-refractivity contribution in [1.29, 1.82) is 0 Å². The van der Waals surface area contributed by atoms with Gasteiger partial charge in [-0.2, -0.15) is 5.10 Å². The van der Waals surface area contributed by atoms with Crippen LogP contribution in [-0.2, 0) is 11.3 Å². The van der Waals surface area contributed by atoms with Crippen molar-refractivity contribution >= 4 is 17.8 Å². The van der Waals surface area contributed by atoms with Crippen LogP contribution < -0.4 is 16.0 Å². The number of amides is 3. The summed E-state index contributed by atoms with van der Waals surface area (Å²) in [6.45, 7) is 4.80. The predicted molar refractivity (Wildman–Crippen MR) is 88.2 cm³/mol. The van der Waals surface area contributed by atoms with Crippen LogP contribution in [0.3, 0.4) is 0 Å². The Morgan fingerprint density at radius 2 is 1.96 bits per heavy atom.